The second-order valence-corrected chi connectivity index (χ2v) is 4.71. The summed E-state index contributed by atoms with van der Waals surface area (Å²) in [6, 6.07) is 4.56. The molecule has 1 fully saturated rings. The highest BCUT2D eigenvalue weighted by atomic mass is 35.5. The summed E-state index contributed by atoms with van der Waals surface area (Å²) in [5, 5.41) is 18.9. The van der Waals surface area contributed by atoms with Crippen LogP contribution in [0, 0.1) is 5.92 Å². The number of phenols is 2. The second kappa shape index (κ2) is 6.12. The molecule has 0 heterocycles. The number of nitrogens with two attached hydrogens (primary N) is 1. The molecule has 0 bridgehead atoms. The lowest BCUT2D eigenvalue weighted by molar-refractivity contribution is 0.307. The first-order valence-electron chi connectivity index (χ1n) is 5.95. The number of aromatic hydroxyl groups is 2. The molecule has 1 saturated carbocycles. The maximum absolute atomic E-state index is 9.43. The van der Waals surface area contributed by atoms with Crippen LogP contribution in [-0.2, 0) is 0 Å². The number of halogens is 1. The van der Waals surface area contributed by atoms with Crippen LogP contribution in [0.15, 0.2) is 18.2 Å². The van der Waals surface area contributed by atoms with Gasteiger partial charge in [-0.05, 0) is 36.5 Å². The molecule has 1 atom stereocenters. The molecule has 4 heteroatoms. The van der Waals surface area contributed by atoms with Crippen LogP contribution in [0.1, 0.15) is 43.7 Å². The molecule has 0 unspecified atom stereocenters. The quantitative estimate of drug-likeness (QED) is 0.763. The van der Waals surface area contributed by atoms with Gasteiger partial charge in [-0.15, -0.1) is 12.4 Å². The van der Waals surface area contributed by atoms with Gasteiger partial charge in [0.05, 0.1) is 0 Å². The smallest absolute Gasteiger partial charge is 0.119 e. The molecule has 0 aromatic heterocycles. The van der Waals surface area contributed by atoms with Gasteiger partial charge in [-0.1, -0.05) is 19.3 Å². The Kier molecular flexibility index (Phi) is 5.09. The van der Waals surface area contributed by atoms with Crippen LogP contribution in [0.3, 0.4) is 0 Å². The van der Waals surface area contributed by atoms with E-state index in [2.05, 4.69) is 0 Å². The van der Waals surface area contributed by atoms with Crippen LogP contribution in [0.25, 0.3) is 0 Å². The lowest BCUT2D eigenvalue weighted by Gasteiger charge is -2.27. The van der Waals surface area contributed by atoms with E-state index in [0.717, 1.165) is 18.4 Å². The Morgan fingerprint density at radius 3 is 2.06 bits per heavy atom. The number of hydrogen-bond acceptors (Lipinski definition) is 3. The average molecular weight is 258 g/mol. The van der Waals surface area contributed by atoms with E-state index in [9.17, 15) is 10.2 Å². The lowest BCUT2D eigenvalue weighted by Crippen LogP contribution is -2.23. The second-order valence-electron chi connectivity index (χ2n) is 4.71. The molecule has 0 spiro atoms. The summed E-state index contributed by atoms with van der Waals surface area (Å²) in [5.41, 5.74) is 7.02. The first kappa shape index (κ1) is 14.1. The minimum atomic E-state index is -0.0710. The van der Waals surface area contributed by atoms with Crippen molar-refractivity contribution in [2.75, 3.05) is 0 Å². The van der Waals surface area contributed by atoms with E-state index >= 15 is 0 Å². The van der Waals surface area contributed by atoms with E-state index in [1.807, 2.05) is 0 Å². The van der Waals surface area contributed by atoms with Gasteiger partial charge in [-0.25, -0.2) is 0 Å². The van der Waals surface area contributed by atoms with E-state index in [-0.39, 0.29) is 29.9 Å². The summed E-state index contributed by atoms with van der Waals surface area (Å²) in [6.07, 6.45) is 6.08. The zero-order valence-electron chi connectivity index (χ0n) is 9.80. The Morgan fingerprint density at radius 1 is 1.00 bits per heavy atom. The van der Waals surface area contributed by atoms with Crippen molar-refractivity contribution in [2.45, 2.75) is 38.1 Å². The van der Waals surface area contributed by atoms with Gasteiger partial charge >= 0.3 is 0 Å². The summed E-state index contributed by atoms with van der Waals surface area (Å²) in [4.78, 5) is 0. The Labute approximate surface area is 108 Å². The van der Waals surface area contributed by atoms with Gasteiger partial charge in [0.2, 0.25) is 0 Å². The molecule has 0 saturated heterocycles. The standard InChI is InChI=1S/C13H19NO2.ClH/c14-13(9-4-2-1-3-5-9)10-6-11(15)8-12(16)7-10;/h6-9,13,15-16H,1-5,14H2;1H/t13-;/m1./s1. The van der Waals surface area contributed by atoms with Gasteiger partial charge in [0.15, 0.2) is 0 Å². The van der Waals surface area contributed by atoms with E-state index < -0.39 is 0 Å². The van der Waals surface area contributed by atoms with Crippen molar-refractivity contribution in [3.63, 3.8) is 0 Å². The Balaban J connectivity index is 0.00000144. The van der Waals surface area contributed by atoms with Gasteiger partial charge in [-0.3, -0.25) is 0 Å². The number of phenolic OH excluding ortho intramolecular Hbond substituents is 2. The molecule has 0 aliphatic heterocycles. The molecule has 17 heavy (non-hydrogen) atoms. The van der Waals surface area contributed by atoms with Crippen molar-refractivity contribution in [2.24, 2.45) is 11.7 Å². The summed E-state index contributed by atoms with van der Waals surface area (Å²) in [7, 11) is 0. The highest BCUT2D eigenvalue weighted by Gasteiger charge is 2.22. The van der Waals surface area contributed by atoms with E-state index in [1.54, 1.807) is 12.1 Å². The fourth-order valence-corrected chi connectivity index (χ4v) is 2.58. The van der Waals surface area contributed by atoms with Crippen LogP contribution >= 0.6 is 12.4 Å². The molecule has 1 aliphatic rings. The van der Waals surface area contributed by atoms with Gasteiger partial charge < -0.3 is 15.9 Å². The SMILES string of the molecule is Cl.N[C@@H](c1cc(O)cc(O)c1)C1CCCCC1. The maximum Gasteiger partial charge on any atom is 0.119 e. The molecule has 96 valence electrons. The normalized spacial score (nSPS) is 18.4. The summed E-state index contributed by atoms with van der Waals surface area (Å²) in [5.74, 6) is 0.650. The minimum absolute atomic E-state index is 0. The predicted molar refractivity (Wildman–Crippen MR) is 70.5 cm³/mol. The topological polar surface area (TPSA) is 66.5 Å². The van der Waals surface area contributed by atoms with Crippen molar-refractivity contribution >= 4 is 12.4 Å². The summed E-state index contributed by atoms with van der Waals surface area (Å²) in [6.45, 7) is 0. The number of benzene rings is 1. The molecule has 2 rings (SSSR count). The van der Waals surface area contributed by atoms with Gasteiger partial charge in [0.25, 0.3) is 0 Å². The molecule has 1 aromatic rings. The summed E-state index contributed by atoms with van der Waals surface area (Å²) >= 11 is 0. The molecule has 4 N–H and O–H groups in total. The van der Waals surface area contributed by atoms with Gasteiger partial charge in [-0.2, -0.15) is 0 Å². The molecule has 0 radical (unpaired) electrons. The van der Waals surface area contributed by atoms with Crippen molar-refractivity contribution in [3.05, 3.63) is 23.8 Å². The highest BCUT2D eigenvalue weighted by Crippen LogP contribution is 2.35. The van der Waals surface area contributed by atoms with Crippen molar-refractivity contribution in [1.29, 1.82) is 0 Å². The summed E-state index contributed by atoms with van der Waals surface area (Å²) < 4.78 is 0. The molecule has 1 aromatic carbocycles. The van der Waals surface area contributed by atoms with E-state index in [1.165, 1.54) is 25.3 Å². The molecule has 3 nitrogen and oxygen atoms in total. The Hall–Kier alpha value is -0.930. The third-order valence-corrected chi connectivity index (χ3v) is 3.47. The van der Waals surface area contributed by atoms with Crippen molar-refractivity contribution in [1.82, 2.24) is 0 Å². The van der Waals surface area contributed by atoms with Crippen LogP contribution in [0.5, 0.6) is 11.5 Å². The molecular formula is C13H20ClNO2. The first-order valence-corrected chi connectivity index (χ1v) is 5.95. The highest BCUT2D eigenvalue weighted by molar-refractivity contribution is 5.85. The number of rotatable bonds is 2. The van der Waals surface area contributed by atoms with Crippen molar-refractivity contribution < 1.29 is 10.2 Å². The third kappa shape index (κ3) is 3.51. The molecule has 0 amide bonds. The van der Waals surface area contributed by atoms with Crippen LogP contribution in [-0.4, -0.2) is 10.2 Å². The van der Waals surface area contributed by atoms with Crippen LogP contribution in [0.2, 0.25) is 0 Å². The van der Waals surface area contributed by atoms with Gasteiger partial charge in [0, 0.05) is 12.1 Å². The van der Waals surface area contributed by atoms with E-state index in [4.69, 9.17) is 5.73 Å². The lowest BCUT2D eigenvalue weighted by atomic mass is 9.81. The van der Waals surface area contributed by atoms with E-state index in [0.29, 0.717) is 5.92 Å². The molecule has 1 aliphatic carbocycles. The largest absolute Gasteiger partial charge is 0.508 e. The Morgan fingerprint density at radius 2 is 1.53 bits per heavy atom. The molecular weight excluding hydrogens is 238 g/mol. The Bertz CT molecular complexity index is 344. The zero-order chi connectivity index (χ0) is 11.5. The fraction of sp³-hybridized carbons (Fsp3) is 0.538. The fourth-order valence-electron chi connectivity index (χ4n) is 2.58. The number of hydrogen-bond donors (Lipinski definition) is 3. The average Bonchev–Trinajstić information content (AvgIpc) is 2.28. The van der Waals surface area contributed by atoms with Crippen LogP contribution < -0.4 is 5.73 Å². The predicted octanol–water partition coefficient (Wildman–Crippen LogP) is 3.10. The maximum atomic E-state index is 9.43. The zero-order valence-corrected chi connectivity index (χ0v) is 10.6. The van der Waals surface area contributed by atoms with Crippen molar-refractivity contribution in [3.8, 4) is 11.5 Å². The monoisotopic (exact) mass is 257 g/mol. The third-order valence-electron chi connectivity index (χ3n) is 3.47. The van der Waals surface area contributed by atoms with Gasteiger partial charge in [0.1, 0.15) is 11.5 Å². The first-order chi connectivity index (χ1) is 7.66. The minimum Gasteiger partial charge on any atom is -0.508 e. The van der Waals surface area contributed by atoms with Crippen LogP contribution in [0.4, 0.5) is 0 Å².